The van der Waals surface area contributed by atoms with E-state index >= 15 is 0 Å². The van der Waals surface area contributed by atoms with Crippen LogP contribution in [0.15, 0.2) is 71.2 Å². The molecule has 0 aromatic heterocycles. The summed E-state index contributed by atoms with van der Waals surface area (Å²) in [6.07, 6.45) is 1.00. The van der Waals surface area contributed by atoms with Crippen molar-refractivity contribution < 1.29 is 14.6 Å². The number of fused-ring (bicyclic) bond motifs is 1. The van der Waals surface area contributed by atoms with Crippen molar-refractivity contribution in [2.75, 3.05) is 19.7 Å². The molecule has 3 unspecified atom stereocenters. The molecule has 182 valence electrons. The normalized spacial score (nSPS) is 20.9. The van der Waals surface area contributed by atoms with E-state index in [0.29, 0.717) is 12.6 Å². The number of allylic oxidation sites excluding steroid dienone is 1. The minimum Gasteiger partial charge on any atom is -0.508 e. The third-order valence-corrected chi connectivity index (χ3v) is 7.89. The van der Waals surface area contributed by atoms with Gasteiger partial charge in [0.25, 0.3) is 0 Å². The number of rotatable bonds is 6. The summed E-state index contributed by atoms with van der Waals surface area (Å²) < 4.78 is 13.7. The maximum atomic E-state index is 10.1. The lowest BCUT2D eigenvalue weighted by Crippen LogP contribution is -2.35. The van der Waals surface area contributed by atoms with Gasteiger partial charge in [-0.3, -0.25) is 4.90 Å². The molecule has 35 heavy (non-hydrogen) atoms. The van der Waals surface area contributed by atoms with Crippen LogP contribution in [0.25, 0.3) is 11.1 Å². The van der Waals surface area contributed by atoms with Gasteiger partial charge in [-0.05, 0) is 85.8 Å². The Morgan fingerprint density at radius 3 is 2.57 bits per heavy atom. The predicted molar refractivity (Wildman–Crippen MR) is 145 cm³/mol. The number of nitrogens with zero attached hydrogens (tertiary/aromatic N) is 1. The Bertz CT molecular complexity index is 1240. The van der Waals surface area contributed by atoms with Crippen molar-refractivity contribution in [1.29, 1.82) is 0 Å². The molecule has 2 aliphatic rings. The topological polar surface area (TPSA) is 41.9 Å². The summed E-state index contributed by atoms with van der Waals surface area (Å²) in [6, 6.07) is 22.2. The maximum Gasteiger partial charge on any atom is 0.150 e. The maximum absolute atomic E-state index is 10.1. The van der Waals surface area contributed by atoms with E-state index in [9.17, 15) is 5.11 Å². The largest absolute Gasteiger partial charge is 0.508 e. The average molecular weight is 534 g/mol. The lowest BCUT2D eigenvalue weighted by Gasteiger charge is -2.31. The second-order valence-electron chi connectivity index (χ2n) is 9.81. The van der Waals surface area contributed by atoms with Crippen LogP contribution < -0.4 is 9.47 Å². The molecule has 5 heteroatoms. The SMILES string of the molecule is CC1=C(c2ccccc2Br)C(c2ccc(OCC(C)N3CCC(C)C3)cc2)Oc2ccc(O)cc21. The number of hydrogen-bond donors (Lipinski definition) is 1. The van der Waals surface area contributed by atoms with Crippen molar-refractivity contribution in [1.82, 2.24) is 4.90 Å². The number of benzene rings is 3. The lowest BCUT2D eigenvalue weighted by molar-refractivity contribution is 0.169. The summed E-state index contributed by atoms with van der Waals surface area (Å²) in [5.74, 6) is 2.65. The first-order chi connectivity index (χ1) is 16.9. The molecule has 3 aromatic rings. The van der Waals surface area contributed by atoms with Crippen molar-refractivity contribution >= 4 is 27.1 Å². The van der Waals surface area contributed by atoms with E-state index in [-0.39, 0.29) is 11.9 Å². The van der Waals surface area contributed by atoms with Crippen LogP contribution in [0.2, 0.25) is 0 Å². The number of hydrogen-bond acceptors (Lipinski definition) is 4. The molecule has 3 atom stereocenters. The van der Waals surface area contributed by atoms with Gasteiger partial charge in [0.15, 0.2) is 0 Å². The zero-order chi connectivity index (χ0) is 24.5. The van der Waals surface area contributed by atoms with Crippen LogP contribution in [0.4, 0.5) is 0 Å². The van der Waals surface area contributed by atoms with Crippen molar-refractivity contribution in [3.63, 3.8) is 0 Å². The third-order valence-electron chi connectivity index (χ3n) is 7.19. The van der Waals surface area contributed by atoms with Crippen molar-refractivity contribution in [3.05, 3.63) is 87.9 Å². The molecule has 2 aliphatic heterocycles. The van der Waals surface area contributed by atoms with E-state index in [1.165, 1.54) is 6.42 Å². The summed E-state index contributed by atoms with van der Waals surface area (Å²) in [4.78, 5) is 2.52. The van der Waals surface area contributed by atoms with E-state index in [1.54, 1.807) is 12.1 Å². The Morgan fingerprint density at radius 2 is 1.86 bits per heavy atom. The number of aromatic hydroxyl groups is 1. The Morgan fingerprint density at radius 1 is 1.09 bits per heavy atom. The summed E-state index contributed by atoms with van der Waals surface area (Å²) in [5.41, 5.74) is 5.23. The zero-order valence-electron chi connectivity index (χ0n) is 20.5. The van der Waals surface area contributed by atoms with Gasteiger partial charge < -0.3 is 14.6 Å². The molecule has 0 amide bonds. The van der Waals surface area contributed by atoms with Crippen molar-refractivity contribution in [2.24, 2.45) is 5.92 Å². The highest BCUT2D eigenvalue weighted by Crippen LogP contribution is 2.48. The number of phenols is 1. The number of ether oxygens (including phenoxy) is 2. The number of phenolic OH excluding ortho intramolecular Hbond substituents is 1. The van der Waals surface area contributed by atoms with Crippen LogP contribution in [-0.2, 0) is 0 Å². The fraction of sp³-hybridized carbons (Fsp3) is 0.333. The van der Waals surface area contributed by atoms with Crippen LogP contribution >= 0.6 is 15.9 Å². The molecule has 4 nitrogen and oxygen atoms in total. The monoisotopic (exact) mass is 533 g/mol. The molecular formula is C30H32BrNO3. The van der Waals surface area contributed by atoms with Gasteiger partial charge in [-0.1, -0.05) is 53.2 Å². The fourth-order valence-corrected chi connectivity index (χ4v) is 5.63. The van der Waals surface area contributed by atoms with Gasteiger partial charge in [-0.2, -0.15) is 0 Å². The molecule has 1 N–H and O–H groups in total. The van der Waals surface area contributed by atoms with E-state index < -0.39 is 0 Å². The minimum absolute atomic E-state index is 0.232. The van der Waals surface area contributed by atoms with Gasteiger partial charge in [0.2, 0.25) is 0 Å². The standard InChI is InChI=1S/C30H32BrNO3/c1-19-14-15-32(17-19)20(2)18-34-24-11-8-22(9-12-24)30-29(25-6-4-5-7-27(25)31)21(3)26-16-23(33)10-13-28(26)35-30/h4-13,16,19-20,30,33H,14-15,17-18H2,1-3H3. The highest BCUT2D eigenvalue weighted by atomic mass is 79.9. The molecule has 0 spiro atoms. The molecule has 1 fully saturated rings. The highest BCUT2D eigenvalue weighted by molar-refractivity contribution is 9.10. The molecule has 2 heterocycles. The van der Waals surface area contributed by atoms with Gasteiger partial charge in [-0.15, -0.1) is 0 Å². The lowest BCUT2D eigenvalue weighted by atomic mass is 9.86. The first-order valence-electron chi connectivity index (χ1n) is 12.3. The third kappa shape index (κ3) is 4.98. The van der Waals surface area contributed by atoms with Gasteiger partial charge in [0.1, 0.15) is 30.0 Å². The van der Waals surface area contributed by atoms with Gasteiger partial charge in [0, 0.05) is 28.2 Å². The average Bonchev–Trinajstić information content (AvgIpc) is 3.30. The van der Waals surface area contributed by atoms with E-state index in [2.05, 4.69) is 59.8 Å². The first kappa shape index (κ1) is 24.0. The Kier molecular flexibility index (Phi) is 6.90. The Labute approximate surface area is 216 Å². The molecule has 0 saturated carbocycles. The second-order valence-corrected chi connectivity index (χ2v) is 10.7. The molecule has 0 bridgehead atoms. The van der Waals surface area contributed by atoms with Gasteiger partial charge in [-0.25, -0.2) is 0 Å². The van der Waals surface area contributed by atoms with E-state index in [0.717, 1.165) is 62.8 Å². The van der Waals surface area contributed by atoms with Crippen molar-refractivity contribution in [2.45, 2.75) is 39.3 Å². The molecular weight excluding hydrogens is 502 g/mol. The van der Waals surface area contributed by atoms with Crippen LogP contribution in [0.5, 0.6) is 17.2 Å². The van der Waals surface area contributed by atoms with E-state index in [1.807, 2.05) is 36.4 Å². The van der Waals surface area contributed by atoms with Crippen LogP contribution in [0, 0.1) is 5.92 Å². The molecule has 1 saturated heterocycles. The molecule has 0 aliphatic carbocycles. The van der Waals surface area contributed by atoms with Crippen LogP contribution in [0.3, 0.4) is 0 Å². The summed E-state index contributed by atoms with van der Waals surface area (Å²) >= 11 is 3.73. The smallest absolute Gasteiger partial charge is 0.150 e. The minimum atomic E-state index is -0.273. The van der Waals surface area contributed by atoms with Crippen LogP contribution in [0.1, 0.15) is 50.0 Å². The molecule has 3 aromatic carbocycles. The number of halogens is 1. The highest BCUT2D eigenvalue weighted by Gasteiger charge is 2.30. The van der Waals surface area contributed by atoms with Gasteiger partial charge in [0.05, 0.1) is 0 Å². The Hall–Kier alpha value is -2.76. The first-order valence-corrected chi connectivity index (χ1v) is 13.1. The summed E-state index contributed by atoms with van der Waals surface area (Å²) in [5, 5.41) is 10.1. The number of likely N-dealkylation sites (tertiary alicyclic amines) is 1. The summed E-state index contributed by atoms with van der Waals surface area (Å²) in [6.45, 7) is 9.66. The molecule has 0 radical (unpaired) electrons. The Balaban J connectivity index is 1.41. The molecule has 5 rings (SSSR count). The van der Waals surface area contributed by atoms with Crippen molar-refractivity contribution in [3.8, 4) is 17.2 Å². The van der Waals surface area contributed by atoms with Gasteiger partial charge >= 0.3 is 0 Å². The second kappa shape index (κ2) is 10.1. The quantitative estimate of drug-likeness (QED) is 0.360. The van der Waals surface area contributed by atoms with E-state index in [4.69, 9.17) is 9.47 Å². The predicted octanol–water partition coefficient (Wildman–Crippen LogP) is 7.33. The van der Waals surface area contributed by atoms with Crippen LogP contribution in [-0.4, -0.2) is 35.7 Å². The fourth-order valence-electron chi connectivity index (χ4n) is 5.13. The zero-order valence-corrected chi connectivity index (χ0v) is 22.1. The summed E-state index contributed by atoms with van der Waals surface area (Å²) in [7, 11) is 0.